The fraction of sp³-hybridized carbons (Fsp3) is 0.647. The van der Waals surface area contributed by atoms with Crippen LogP contribution in [-0.2, 0) is 0 Å². The van der Waals surface area contributed by atoms with Gasteiger partial charge in [0, 0.05) is 0 Å². The summed E-state index contributed by atoms with van der Waals surface area (Å²) >= 11 is 0. The second-order valence-electron chi connectivity index (χ2n) is 5.80. The predicted octanol–water partition coefficient (Wildman–Crippen LogP) is 3.57. The lowest BCUT2D eigenvalue weighted by Crippen LogP contribution is -2.28. The summed E-state index contributed by atoms with van der Waals surface area (Å²) < 4.78 is 10.8. The zero-order valence-electron chi connectivity index (χ0n) is 12.9. The molecule has 0 radical (unpaired) electrons. The second kappa shape index (κ2) is 6.98. The van der Waals surface area contributed by atoms with Crippen molar-refractivity contribution in [2.45, 2.75) is 38.5 Å². The molecular weight excluding hydrogens is 250 g/mol. The van der Waals surface area contributed by atoms with Crippen LogP contribution >= 0.6 is 0 Å². The maximum absolute atomic E-state index is 5.99. The fourth-order valence-electron chi connectivity index (χ4n) is 3.46. The van der Waals surface area contributed by atoms with Crippen LogP contribution in [0.2, 0.25) is 0 Å². The first-order chi connectivity index (χ1) is 9.73. The standard InChI is InChI=1S/C17H27NO2/c1-4-12-5-6-14(11-18)15(9-12)13-7-8-16(19-2)17(10-13)20-3/h7-8,10,12,14-15H,4-6,9,11,18H2,1-3H3. The molecule has 3 nitrogen and oxygen atoms in total. The van der Waals surface area contributed by atoms with Gasteiger partial charge in [-0.05, 0) is 54.8 Å². The molecule has 0 spiro atoms. The van der Waals surface area contributed by atoms with Gasteiger partial charge in [-0.1, -0.05) is 25.8 Å². The Morgan fingerprint density at radius 2 is 1.90 bits per heavy atom. The van der Waals surface area contributed by atoms with E-state index in [4.69, 9.17) is 15.2 Å². The Labute approximate surface area is 122 Å². The number of ether oxygens (including phenoxy) is 2. The van der Waals surface area contributed by atoms with Crippen molar-refractivity contribution in [1.82, 2.24) is 0 Å². The van der Waals surface area contributed by atoms with Gasteiger partial charge in [-0.25, -0.2) is 0 Å². The molecule has 1 aromatic carbocycles. The molecule has 0 aromatic heterocycles. The Morgan fingerprint density at radius 3 is 2.50 bits per heavy atom. The summed E-state index contributed by atoms with van der Waals surface area (Å²) in [6.45, 7) is 3.06. The van der Waals surface area contributed by atoms with Crippen LogP contribution in [0.25, 0.3) is 0 Å². The van der Waals surface area contributed by atoms with Crippen LogP contribution in [0.1, 0.15) is 44.1 Å². The molecule has 1 aliphatic carbocycles. The van der Waals surface area contributed by atoms with Crippen molar-refractivity contribution >= 4 is 0 Å². The van der Waals surface area contributed by atoms with Crippen LogP contribution in [0, 0.1) is 11.8 Å². The molecule has 0 saturated heterocycles. The highest BCUT2D eigenvalue weighted by atomic mass is 16.5. The van der Waals surface area contributed by atoms with Gasteiger partial charge in [0.2, 0.25) is 0 Å². The monoisotopic (exact) mass is 277 g/mol. The molecule has 2 N–H and O–H groups in total. The van der Waals surface area contributed by atoms with Gasteiger partial charge in [0.05, 0.1) is 14.2 Å². The van der Waals surface area contributed by atoms with E-state index in [2.05, 4.69) is 19.1 Å². The van der Waals surface area contributed by atoms with E-state index in [-0.39, 0.29) is 0 Å². The quantitative estimate of drug-likeness (QED) is 0.894. The van der Waals surface area contributed by atoms with Gasteiger partial charge >= 0.3 is 0 Å². The van der Waals surface area contributed by atoms with E-state index in [1.165, 1.54) is 31.2 Å². The predicted molar refractivity (Wildman–Crippen MR) is 82.5 cm³/mol. The van der Waals surface area contributed by atoms with Crippen molar-refractivity contribution in [3.05, 3.63) is 23.8 Å². The maximum atomic E-state index is 5.99. The second-order valence-corrected chi connectivity index (χ2v) is 5.80. The maximum Gasteiger partial charge on any atom is 0.160 e. The highest BCUT2D eigenvalue weighted by Gasteiger charge is 2.30. The summed E-state index contributed by atoms with van der Waals surface area (Å²) in [4.78, 5) is 0. The van der Waals surface area contributed by atoms with Gasteiger partial charge in [0.1, 0.15) is 0 Å². The Hall–Kier alpha value is -1.22. The van der Waals surface area contributed by atoms with E-state index in [1.54, 1.807) is 14.2 Å². The average molecular weight is 277 g/mol. The van der Waals surface area contributed by atoms with Crippen molar-refractivity contribution in [3.8, 4) is 11.5 Å². The molecule has 1 fully saturated rings. The molecule has 20 heavy (non-hydrogen) atoms. The van der Waals surface area contributed by atoms with Gasteiger partial charge in [-0.2, -0.15) is 0 Å². The summed E-state index contributed by atoms with van der Waals surface area (Å²) in [5.74, 6) is 3.59. The Balaban J connectivity index is 2.27. The first kappa shape index (κ1) is 15.2. The minimum absolute atomic E-state index is 0.554. The lowest BCUT2D eigenvalue weighted by molar-refractivity contribution is 0.235. The minimum Gasteiger partial charge on any atom is -0.493 e. The summed E-state index contributed by atoms with van der Waals surface area (Å²) in [6, 6.07) is 6.31. The van der Waals surface area contributed by atoms with E-state index < -0.39 is 0 Å². The number of hydrogen-bond acceptors (Lipinski definition) is 3. The van der Waals surface area contributed by atoms with Crippen molar-refractivity contribution < 1.29 is 9.47 Å². The van der Waals surface area contributed by atoms with E-state index in [0.717, 1.165) is 24.0 Å². The van der Waals surface area contributed by atoms with Crippen molar-refractivity contribution in [2.75, 3.05) is 20.8 Å². The molecule has 3 heteroatoms. The van der Waals surface area contributed by atoms with Gasteiger partial charge in [-0.15, -0.1) is 0 Å². The van der Waals surface area contributed by atoms with Gasteiger partial charge in [0.25, 0.3) is 0 Å². The number of hydrogen-bond donors (Lipinski definition) is 1. The third-order valence-electron chi connectivity index (χ3n) is 4.82. The van der Waals surface area contributed by atoms with E-state index in [0.29, 0.717) is 11.8 Å². The van der Waals surface area contributed by atoms with E-state index >= 15 is 0 Å². The molecule has 112 valence electrons. The normalized spacial score (nSPS) is 26.3. The summed E-state index contributed by atoms with van der Waals surface area (Å²) in [5.41, 5.74) is 7.33. The Kier molecular flexibility index (Phi) is 5.30. The van der Waals surface area contributed by atoms with Gasteiger partial charge in [-0.3, -0.25) is 0 Å². The first-order valence-electron chi connectivity index (χ1n) is 7.65. The average Bonchev–Trinajstić information content (AvgIpc) is 2.53. The molecule has 0 amide bonds. The van der Waals surface area contributed by atoms with Crippen molar-refractivity contribution in [3.63, 3.8) is 0 Å². The van der Waals surface area contributed by atoms with Crippen molar-refractivity contribution in [2.24, 2.45) is 17.6 Å². The van der Waals surface area contributed by atoms with Crippen LogP contribution in [0.5, 0.6) is 11.5 Å². The lowest BCUT2D eigenvalue weighted by atomic mass is 9.70. The number of benzene rings is 1. The fourth-order valence-corrected chi connectivity index (χ4v) is 3.46. The van der Waals surface area contributed by atoms with Gasteiger partial charge in [0.15, 0.2) is 11.5 Å². The van der Waals surface area contributed by atoms with Crippen LogP contribution in [0.4, 0.5) is 0 Å². The molecule has 0 heterocycles. The van der Waals surface area contributed by atoms with Crippen LogP contribution in [0.3, 0.4) is 0 Å². The van der Waals surface area contributed by atoms with Crippen molar-refractivity contribution in [1.29, 1.82) is 0 Å². The SMILES string of the molecule is CCC1CCC(CN)C(c2ccc(OC)c(OC)c2)C1. The topological polar surface area (TPSA) is 44.5 Å². The van der Waals surface area contributed by atoms with Crippen LogP contribution in [0.15, 0.2) is 18.2 Å². The summed E-state index contributed by atoms with van der Waals surface area (Å²) in [5, 5.41) is 0. The molecule has 1 aliphatic rings. The molecule has 3 unspecified atom stereocenters. The smallest absolute Gasteiger partial charge is 0.160 e. The largest absolute Gasteiger partial charge is 0.493 e. The van der Waals surface area contributed by atoms with E-state index in [9.17, 15) is 0 Å². The minimum atomic E-state index is 0.554. The Morgan fingerprint density at radius 1 is 1.15 bits per heavy atom. The third kappa shape index (κ3) is 3.09. The molecular formula is C17H27NO2. The third-order valence-corrected chi connectivity index (χ3v) is 4.82. The Bertz CT molecular complexity index is 433. The summed E-state index contributed by atoms with van der Waals surface area (Å²) in [7, 11) is 3.37. The molecule has 0 bridgehead atoms. The highest BCUT2D eigenvalue weighted by Crippen LogP contribution is 2.43. The number of methoxy groups -OCH3 is 2. The first-order valence-corrected chi connectivity index (χ1v) is 7.65. The number of rotatable bonds is 5. The van der Waals surface area contributed by atoms with E-state index in [1.807, 2.05) is 6.07 Å². The van der Waals surface area contributed by atoms with Crippen LogP contribution < -0.4 is 15.2 Å². The molecule has 1 aromatic rings. The summed E-state index contributed by atoms with van der Waals surface area (Å²) in [6.07, 6.45) is 5.07. The zero-order valence-corrected chi connectivity index (χ0v) is 12.9. The van der Waals surface area contributed by atoms with Gasteiger partial charge < -0.3 is 15.2 Å². The molecule has 0 aliphatic heterocycles. The molecule has 3 atom stereocenters. The molecule has 1 saturated carbocycles. The van der Waals surface area contributed by atoms with Crippen LogP contribution in [-0.4, -0.2) is 20.8 Å². The number of nitrogens with two attached hydrogens (primary N) is 1. The lowest BCUT2D eigenvalue weighted by Gasteiger charge is -2.36. The highest BCUT2D eigenvalue weighted by molar-refractivity contribution is 5.44. The molecule has 2 rings (SSSR count). The zero-order chi connectivity index (χ0) is 14.5.